The summed E-state index contributed by atoms with van der Waals surface area (Å²) in [6.45, 7) is 4.34. The molecule has 4 aromatic carbocycles. The molecule has 14 heteroatoms. The number of hydrogen-bond acceptors (Lipinski definition) is 7. The Labute approximate surface area is 302 Å². The maximum absolute atomic E-state index is 14.7. The van der Waals surface area contributed by atoms with Crippen molar-refractivity contribution in [1.29, 1.82) is 0 Å². The maximum Gasteiger partial charge on any atom is 0.273 e. The first-order valence-electron chi connectivity index (χ1n) is 15.7. The summed E-state index contributed by atoms with van der Waals surface area (Å²) in [6, 6.07) is 22.1. The Morgan fingerprint density at radius 2 is 1.66 bits per heavy atom. The molecule has 2 amide bonds. The van der Waals surface area contributed by atoms with Crippen molar-refractivity contribution in [2.24, 2.45) is 0 Å². The third kappa shape index (κ3) is 9.32. The van der Waals surface area contributed by atoms with Crippen molar-refractivity contribution in [3.8, 4) is 5.75 Å². The zero-order valence-electron chi connectivity index (χ0n) is 28.0. The largest absolute Gasteiger partial charge is 0.497 e. The van der Waals surface area contributed by atoms with Gasteiger partial charge in [-0.15, -0.1) is 0 Å². The summed E-state index contributed by atoms with van der Waals surface area (Å²) in [7, 11) is -3.14. The summed E-state index contributed by atoms with van der Waals surface area (Å²) < 4.78 is 34.8. The van der Waals surface area contributed by atoms with Crippen LogP contribution in [0.2, 0.25) is 10.0 Å². The second kappa shape index (κ2) is 16.8. The van der Waals surface area contributed by atoms with Crippen LogP contribution in [0.15, 0.2) is 95.9 Å². The Hall–Kier alpha value is -4.65. The second-order valence-corrected chi connectivity index (χ2v) is 14.4. The summed E-state index contributed by atoms with van der Waals surface area (Å²) in [5.41, 5.74) is 1.21. The normalized spacial score (nSPS) is 12.4. The molecule has 0 aromatic heterocycles. The highest BCUT2D eigenvalue weighted by molar-refractivity contribution is 7.92. The third-order valence-corrected chi connectivity index (χ3v) is 10.6. The molecule has 2 atom stereocenters. The van der Waals surface area contributed by atoms with Crippen molar-refractivity contribution >= 4 is 56.4 Å². The first kappa shape index (κ1) is 38.2. The lowest BCUT2D eigenvalue weighted by Gasteiger charge is -2.34. The molecule has 50 heavy (non-hydrogen) atoms. The third-order valence-electron chi connectivity index (χ3n) is 8.23. The number of halogens is 2. The minimum Gasteiger partial charge on any atom is -0.497 e. The number of ether oxygens (including phenoxy) is 1. The quantitative estimate of drug-likeness (QED) is 0.103. The van der Waals surface area contributed by atoms with Gasteiger partial charge in [-0.1, -0.05) is 72.6 Å². The molecule has 0 aliphatic rings. The molecule has 0 saturated heterocycles. The standard InChI is InChI=1S/C36H38Cl2N4O7S/c1-5-25(3)39-36(44)34(19-26-9-7-6-8-10-26)40(22-27-12-13-28(37)20-32(27)38)35(43)23-41(29-14-16-30(49-4)17-15-29)50(47,48)31-18-11-24(2)33(21-31)42(45)46/h6-18,20-21,25,34H,5,19,22-23H2,1-4H3,(H,39,44)/t25-,34-/m0/s1. The second-order valence-electron chi connectivity index (χ2n) is 11.7. The molecule has 0 radical (unpaired) electrons. The van der Waals surface area contributed by atoms with Crippen LogP contribution in [0.1, 0.15) is 37.0 Å². The lowest BCUT2D eigenvalue weighted by molar-refractivity contribution is -0.385. The number of rotatable bonds is 15. The molecular weight excluding hydrogens is 703 g/mol. The smallest absolute Gasteiger partial charge is 0.273 e. The van der Waals surface area contributed by atoms with E-state index in [1.807, 2.05) is 44.2 Å². The number of sulfonamides is 1. The Morgan fingerprint density at radius 1 is 0.980 bits per heavy atom. The van der Waals surface area contributed by atoms with E-state index in [-0.39, 0.29) is 40.2 Å². The summed E-state index contributed by atoms with van der Waals surface area (Å²) in [4.78, 5) is 40.7. The van der Waals surface area contributed by atoms with E-state index in [1.54, 1.807) is 12.1 Å². The van der Waals surface area contributed by atoms with Gasteiger partial charge in [0.05, 0.1) is 22.6 Å². The Bertz CT molecular complexity index is 1940. The number of anilines is 1. The van der Waals surface area contributed by atoms with Gasteiger partial charge >= 0.3 is 0 Å². The number of nitrogens with zero attached hydrogens (tertiary/aromatic N) is 3. The van der Waals surface area contributed by atoms with E-state index < -0.39 is 45.0 Å². The molecule has 0 bridgehead atoms. The van der Waals surface area contributed by atoms with E-state index in [2.05, 4.69) is 5.32 Å². The van der Waals surface area contributed by atoms with E-state index in [1.165, 1.54) is 61.4 Å². The van der Waals surface area contributed by atoms with Gasteiger partial charge in [0.2, 0.25) is 11.8 Å². The molecular formula is C36H38Cl2N4O7S. The number of carbonyl (C=O) groups is 2. The molecule has 4 aromatic rings. The van der Waals surface area contributed by atoms with Gasteiger partial charge in [-0.2, -0.15) is 0 Å². The number of carbonyl (C=O) groups excluding carboxylic acids is 2. The fourth-order valence-corrected chi connectivity index (χ4v) is 7.08. The minimum absolute atomic E-state index is 0.0931. The maximum atomic E-state index is 14.7. The average Bonchev–Trinajstić information content (AvgIpc) is 3.09. The summed E-state index contributed by atoms with van der Waals surface area (Å²) in [5.74, 6) is -0.723. The Kier molecular flexibility index (Phi) is 12.9. The molecule has 0 unspecified atom stereocenters. The number of hydrogen-bond donors (Lipinski definition) is 1. The highest BCUT2D eigenvalue weighted by atomic mass is 35.5. The van der Waals surface area contributed by atoms with Crippen molar-refractivity contribution < 1.29 is 27.7 Å². The average molecular weight is 742 g/mol. The van der Waals surface area contributed by atoms with E-state index in [0.717, 1.165) is 15.9 Å². The van der Waals surface area contributed by atoms with Crippen molar-refractivity contribution in [2.45, 2.75) is 57.1 Å². The summed E-state index contributed by atoms with van der Waals surface area (Å²) in [5, 5.41) is 15.4. The molecule has 0 spiro atoms. The van der Waals surface area contributed by atoms with Crippen LogP contribution in [0.5, 0.6) is 5.75 Å². The number of amides is 2. The first-order chi connectivity index (χ1) is 23.7. The molecule has 0 heterocycles. The van der Waals surface area contributed by atoms with Crippen LogP contribution in [0.4, 0.5) is 11.4 Å². The predicted octanol–water partition coefficient (Wildman–Crippen LogP) is 6.97. The number of nitro benzene ring substituents is 1. The molecule has 0 fully saturated rings. The lowest BCUT2D eigenvalue weighted by atomic mass is 10.0. The number of methoxy groups -OCH3 is 1. The van der Waals surface area contributed by atoms with Crippen molar-refractivity contribution in [3.05, 3.63) is 128 Å². The first-order valence-corrected chi connectivity index (χ1v) is 17.9. The van der Waals surface area contributed by atoms with E-state index in [0.29, 0.717) is 22.8 Å². The van der Waals surface area contributed by atoms with Gasteiger partial charge in [0, 0.05) is 40.7 Å². The van der Waals surface area contributed by atoms with Gasteiger partial charge in [-0.3, -0.25) is 24.0 Å². The monoisotopic (exact) mass is 740 g/mol. The lowest BCUT2D eigenvalue weighted by Crippen LogP contribution is -2.54. The zero-order valence-corrected chi connectivity index (χ0v) is 30.3. The number of benzene rings is 4. The van der Waals surface area contributed by atoms with E-state index in [9.17, 15) is 28.1 Å². The van der Waals surface area contributed by atoms with E-state index in [4.69, 9.17) is 27.9 Å². The van der Waals surface area contributed by atoms with Crippen LogP contribution in [-0.2, 0) is 32.6 Å². The minimum atomic E-state index is -4.59. The Balaban J connectivity index is 1.87. The topological polar surface area (TPSA) is 139 Å². The van der Waals surface area contributed by atoms with E-state index >= 15 is 0 Å². The van der Waals surface area contributed by atoms with Crippen LogP contribution in [0.3, 0.4) is 0 Å². The number of nitro groups is 1. The molecule has 11 nitrogen and oxygen atoms in total. The van der Waals surface area contributed by atoms with Gasteiger partial charge in [-0.25, -0.2) is 8.42 Å². The fraction of sp³-hybridized carbons (Fsp3) is 0.278. The molecule has 0 aliphatic heterocycles. The molecule has 0 aliphatic carbocycles. The van der Waals surface area contributed by atoms with Crippen LogP contribution in [0, 0.1) is 17.0 Å². The number of aryl methyl sites for hydroxylation is 1. The summed E-state index contributed by atoms with van der Waals surface area (Å²) in [6.07, 6.45) is 0.742. The molecule has 4 rings (SSSR count). The highest BCUT2D eigenvalue weighted by Gasteiger charge is 2.36. The Morgan fingerprint density at radius 3 is 2.26 bits per heavy atom. The molecule has 1 N–H and O–H groups in total. The van der Waals surface area contributed by atoms with Crippen LogP contribution >= 0.6 is 23.2 Å². The fourth-order valence-electron chi connectivity index (χ4n) is 5.18. The molecule has 0 saturated carbocycles. The van der Waals surface area contributed by atoms with Gasteiger partial charge in [0.25, 0.3) is 15.7 Å². The van der Waals surface area contributed by atoms with Crippen molar-refractivity contribution in [1.82, 2.24) is 10.2 Å². The number of nitrogens with one attached hydrogen (secondary N) is 1. The predicted molar refractivity (Wildman–Crippen MR) is 194 cm³/mol. The van der Waals surface area contributed by atoms with Crippen molar-refractivity contribution in [3.63, 3.8) is 0 Å². The van der Waals surface area contributed by atoms with Gasteiger partial charge in [0.1, 0.15) is 18.3 Å². The van der Waals surface area contributed by atoms with Gasteiger partial charge in [0.15, 0.2) is 0 Å². The zero-order chi connectivity index (χ0) is 36.6. The van der Waals surface area contributed by atoms with Crippen LogP contribution in [-0.4, -0.2) is 55.8 Å². The summed E-state index contributed by atoms with van der Waals surface area (Å²) >= 11 is 12.7. The highest BCUT2D eigenvalue weighted by Crippen LogP contribution is 2.30. The van der Waals surface area contributed by atoms with Crippen LogP contribution < -0.4 is 14.4 Å². The SMILES string of the molecule is CC[C@H](C)NC(=O)[C@H](Cc1ccccc1)N(Cc1ccc(Cl)cc1Cl)C(=O)CN(c1ccc(OC)cc1)S(=O)(=O)c1ccc(C)c([N+](=O)[O-])c1. The van der Waals surface area contributed by atoms with Gasteiger partial charge in [-0.05, 0) is 73.9 Å². The van der Waals surface area contributed by atoms with Crippen LogP contribution in [0.25, 0.3) is 0 Å². The molecule has 264 valence electrons. The van der Waals surface area contributed by atoms with Gasteiger partial charge < -0.3 is 15.0 Å². The van der Waals surface area contributed by atoms with Crippen molar-refractivity contribution in [2.75, 3.05) is 18.0 Å².